The Hall–Kier alpha value is -3.43. The Morgan fingerprint density at radius 3 is 2.09 bits per heavy atom. The van der Waals surface area contributed by atoms with E-state index in [4.69, 9.17) is 37.7 Å². The van der Waals surface area contributed by atoms with Crippen LogP contribution in [0.3, 0.4) is 0 Å². The minimum Gasteiger partial charge on any atom is -0.493 e. The lowest BCUT2D eigenvalue weighted by atomic mass is 9.86. The molecule has 238 valence electrons. The number of aldehydes is 1. The van der Waals surface area contributed by atoms with Crippen LogP contribution in [0.25, 0.3) is 0 Å². The molecule has 3 aromatic carbocycles. The van der Waals surface area contributed by atoms with Crippen molar-refractivity contribution in [2.24, 2.45) is 4.99 Å². The fourth-order valence-electron chi connectivity index (χ4n) is 5.91. The van der Waals surface area contributed by atoms with Gasteiger partial charge in [-0.05, 0) is 65.4 Å². The molecule has 10 heteroatoms. The molecule has 1 unspecified atom stereocenters. The van der Waals surface area contributed by atoms with E-state index in [1.807, 2.05) is 71.3 Å². The van der Waals surface area contributed by atoms with Gasteiger partial charge in [0.1, 0.15) is 17.6 Å². The molecule has 0 radical (unpaired) electrons. The van der Waals surface area contributed by atoms with E-state index < -0.39 is 18.3 Å². The topological polar surface area (TPSA) is 74.7 Å². The lowest BCUT2D eigenvalue weighted by Gasteiger charge is -2.40. The third-order valence-electron chi connectivity index (χ3n) is 8.39. The first kappa shape index (κ1) is 32.9. The average molecular weight is 652 g/mol. The summed E-state index contributed by atoms with van der Waals surface area (Å²) in [6.07, 6.45) is 0.143. The standard InChI is InChI=1S/C35H40Cl2N4O4/c1-6-45-29-21-25(35(2,3)4)11-16-28(29)33-38-31(23-7-12-26(36)13-8-23)32(24-9-14-27(37)15-10-24)41(33)34(43)40-19-17-39(18-20-40)30(22-42)44-5/h7-16,21-22,30-32H,6,17-20H2,1-5H3/t30?,31-,32+/m0/s1. The maximum Gasteiger partial charge on any atom is 0.326 e. The first-order chi connectivity index (χ1) is 21.5. The van der Waals surface area contributed by atoms with Gasteiger partial charge in [-0.25, -0.2) is 4.79 Å². The Balaban J connectivity index is 1.64. The van der Waals surface area contributed by atoms with Crippen molar-refractivity contribution in [1.29, 1.82) is 0 Å². The number of amidine groups is 1. The number of piperazine rings is 1. The van der Waals surface area contributed by atoms with E-state index in [2.05, 4.69) is 32.9 Å². The number of carbonyl (C=O) groups is 2. The third kappa shape index (κ3) is 7.04. The molecule has 8 nitrogen and oxygen atoms in total. The minimum absolute atomic E-state index is 0.101. The minimum atomic E-state index is -0.641. The Kier molecular flexibility index (Phi) is 10.2. The Morgan fingerprint density at radius 2 is 1.56 bits per heavy atom. The summed E-state index contributed by atoms with van der Waals surface area (Å²) < 4.78 is 11.5. The molecule has 2 heterocycles. The molecule has 3 aromatic rings. The molecular weight excluding hydrogens is 611 g/mol. The molecule has 45 heavy (non-hydrogen) atoms. The van der Waals surface area contributed by atoms with E-state index in [-0.39, 0.29) is 11.4 Å². The summed E-state index contributed by atoms with van der Waals surface area (Å²) in [6.45, 7) is 10.7. The zero-order chi connectivity index (χ0) is 32.3. The number of ether oxygens (including phenoxy) is 2. The largest absolute Gasteiger partial charge is 0.493 e. The lowest BCUT2D eigenvalue weighted by molar-refractivity contribution is -0.129. The van der Waals surface area contributed by atoms with Gasteiger partial charge in [-0.1, -0.05) is 74.3 Å². The summed E-state index contributed by atoms with van der Waals surface area (Å²) in [5, 5.41) is 1.23. The van der Waals surface area contributed by atoms with Crippen LogP contribution in [0.1, 0.15) is 62.0 Å². The maximum atomic E-state index is 14.7. The Morgan fingerprint density at radius 1 is 0.956 bits per heavy atom. The normalized spacial score (nSPS) is 19.8. The number of rotatable bonds is 8. The quantitative estimate of drug-likeness (QED) is 0.242. The molecule has 0 saturated carbocycles. The van der Waals surface area contributed by atoms with Crippen molar-refractivity contribution in [3.8, 4) is 5.75 Å². The molecular formula is C35H40Cl2N4O4. The van der Waals surface area contributed by atoms with Crippen molar-refractivity contribution in [2.45, 2.75) is 51.4 Å². The van der Waals surface area contributed by atoms with Crippen molar-refractivity contribution in [2.75, 3.05) is 39.9 Å². The van der Waals surface area contributed by atoms with E-state index in [1.54, 1.807) is 4.90 Å². The van der Waals surface area contributed by atoms with Crippen LogP contribution >= 0.6 is 23.2 Å². The molecule has 2 amide bonds. The van der Waals surface area contributed by atoms with Gasteiger partial charge in [-0.15, -0.1) is 0 Å². The van der Waals surface area contributed by atoms with Gasteiger partial charge in [0, 0.05) is 43.3 Å². The van der Waals surface area contributed by atoms with Gasteiger partial charge in [0.05, 0.1) is 18.2 Å². The molecule has 0 bridgehead atoms. The number of benzene rings is 3. The summed E-state index contributed by atoms with van der Waals surface area (Å²) >= 11 is 12.6. The van der Waals surface area contributed by atoms with E-state index in [0.29, 0.717) is 54.4 Å². The monoisotopic (exact) mass is 650 g/mol. The van der Waals surface area contributed by atoms with E-state index in [1.165, 1.54) is 7.11 Å². The highest BCUT2D eigenvalue weighted by Crippen LogP contribution is 2.46. The molecule has 1 fully saturated rings. The molecule has 0 aromatic heterocycles. The van der Waals surface area contributed by atoms with Gasteiger partial charge in [-0.3, -0.25) is 19.6 Å². The molecule has 1 saturated heterocycles. The fraction of sp³-hybridized carbons (Fsp3) is 0.400. The van der Waals surface area contributed by atoms with Crippen molar-refractivity contribution in [3.63, 3.8) is 0 Å². The molecule has 0 spiro atoms. The molecule has 3 atom stereocenters. The van der Waals surface area contributed by atoms with Gasteiger partial charge in [0.15, 0.2) is 12.5 Å². The van der Waals surface area contributed by atoms with Crippen molar-refractivity contribution >= 4 is 41.4 Å². The van der Waals surface area contributed by atoms with Gasteiger partial charge in [0.25, 0.3) is 0 Å². The van der Waals surface area contributed by atoms with E-state index in [0.717, 1.165) is 28.5 Å². The second-order valence-electron chi connectivity index (χ2n) is 12.3. The number of halogens is 2. The number of hydrogen-bond donors (Lipinski definition) is 0. The van der Waals surface area contributed by atoms with Crippen LogP contribution in [0.5, 0.6) is 5.75 Å². The number of amides is 2. The second kappa shape index (κ2) is 13.9. The SMILES string of the molecule is CCOc1cc(C(C)(C)C)ccc1C1=N[C@@H](c2ccc(Cl)cc2)[C@@H](c2ccc(Cl)cc2)N1C(=O)N1CCN(C(C=O)OC)CC1. The number of urea groups is 1. The van der Waals surface area contributed by atoms with Gasteiger partial charge in [-0.2, -0.15) is 0 Å². The van der Waals surface area contributed by atoms with Crippen LogP contribution in [0.2, 0.25) is 10.0 Å². The van der Waals surface area contributed by atoms with Crippen molar-refractivity contribution < 1.29 is 19.1 Å². The number of carbonyl (C=O) groups excluding carboxylic acids is 2. The van der Waals surface area contributed by atoms with Gasteiger partial charge < -0.3 is 14.4 Å². The van der Waals surface area contributed by atoms with E-state index >= 15 is 0 Å². The van der Waals surface area contributed by atoms with Crippen molar-refractivity contribution in [3.05, 3.63) is 99.0 Å². The van der Waals surface area contributed by atoms with Crippen LogP contribution in [-0.2, 0) is 14.9 Å². The summed E-state index contributed by atoms with van der Waals surface area (Å²) in [5.74, 6) is 1.21. The van der Waals surface area contributed by atoms with Gasteiger partial charge in [0.2, 0.25) is 0 Å². The van der Waals surface area contributed by atoms with Crippen LogP contribution < -0.4 is 4.74 Å². The van der Waals surface area contributed by atoms with E-state index in [9.17, 15) is 9.59 Å². The summed E-state index contributed by atoms with van der Waals surface area (Å²) in [7, 11) is 1.51. The highest BCUT2D eigenvalue weighted by atomic mass is 35.5. The molecule has 2 aliphatic heterocycles. The van der Waals surface area contributed by atoms with Crippen molar-refractivity contribution in [1.82, 2.24) is 14.7 Å². The van der Waals surface area contributed by atoms with Crippen LogP contribution in [0.15, 0.2) is 71.7 Å². The molecule has 5 rings (SSSR count). The first-order valence-electron chi connectivity index (χ1n) is 15.2. The fourth-order valence-corrected chi connectivity index (χ4v) is 6.17. The summed E-state index contributed by atoms with van der Waals surface area (Å²) in [5.41, 5.74) is 3.59. The molecule has 0 aliphatic carbocycles. The highest BCUT2D eigenvalue weighted by molar-refractivity contribution is 6.30. The summed E-state index contributed by atoms with van der Waals surface area (Å²) in [4.78, 5) is 37.1. The third-order valence-corrected chi connectivity index (χ3v) is 8.89. The van der Waals surface area contributed by atoms with Crippen LogP contribution in [0.4, 0.5) is 4.79 Å². The average Bonchev–Trinajstić information content (AvgIpc) is 3.42. The van der Waals surface area contributed by atoms with Crippen LogP contribution in [0, 0.1) is 0 Å². The lowest BCUT2D eigenvalue weighted by Crippen LogP contribution is -2.56. The number of methoxy groups -OCH3 is 1. The number of nitrogens with zero attached hydrogens (tertiary/aromatic N) is 4. The Bertz CT molecular complexity index is 1530. The predicted octanol–water partition coefficient (Wildman–Crippen LogP) is 7.14. The Labute approximate surface area is 275 Å². The highest BCUT2D eigenvalue weighted by Gasteiger charge is 2.45. The predicted molar refractivity (Wildman–Crippen MR) is 178 cm³/mol. The smallest absolute Gasteiger partial charge is 0.326 e. The number of hydrogen-bond acceptors (Lipinski definition) is 6. The van der Waals surface area contributed by atoms with Gasteiger partial charge >= 0.3 is 6.03 Å². The van der Waals surface area contributed by atoms with Crippen LogP contribution in [-0.4, -0.2) is 79.0 Å². The zero-order valence-electron chi connectivity index (χ0n) is 26.4. The number of aliphatic imine (C=N–C) groups is 1. The first-order valence-corrected chi connectivity index (χ1v) is 16.0. The zero-order valence-corrected chi connectivity index (χ0v) is 27.9. The summed E-state index contributed by atoms with van der Waals surface area (Å²) in [6, 6.07) is 20.3. The molecule has 2 aliphatic rings. The maximum absolute atomic E-state index is 14.7. The molecule has 0 N–H and O–H groups in total. The second-order valence-corrected chi connectivity index (χ2v) is 13.2.